The molecule has 2 N–H and O–H groups in total. The van der Waals surface area contributed by atoms with E-state index in [-0.39, 0.29) is 18.0 Å². The number of likely N-dealkylation sites (N-methyl/N-ethyl adjacent to an activating group) is 1. The number of hydrogen-bond acceptors (Lipinski definition) is 7. The van der Waals surface area contributed by atoms with Gasteiger partial charge in [-0.1, -0.05) is 60.7 Å². The number of anilines is 1. The molecule has 0 bridgehead atoms. The smallest absolute Gasteiger partial charge is 0.303 e. The molecule has 3 aromatic heterocycles. The van der Waals surface area contributed by atoms with E-state index in [1.165, 1.54) is 24.2 Å². The highest BCUT2D eigenvalue weighted by Gasteiger charge is 2.32. The predicted octanol–water partition coefficient (Wildman–Crippen LogP) is 3.29. The van der Waals surface area contributed by atoms with Crippen LogP contribution in [-0.4, -0.2) is 55.9 Å². The number of aromatic nitrogens is 4. The summed E-state index contributed by atoms with van der Waals surface area (Å²) in [6.07, 6.45) is 4.65. The van der Waals surface area contributed by atoms with Crippen LogP contribution in [0.4, 0.5) is 6.01 Å². The minimum Gasteiger partial charge on any atom is -0.432 e. The summed E-state index contributed by atoms with van der Waals surface area (Å²) in [6, 6.07) is 23.1. The van der Waals surface area contributed by atoms with Crippen LogP contribution in [0.5, 0.6) is 0 Å². The molecule has 10 heteroatoms. The molecule has 0 saturated heterocycles. The fourth-order valence-electron chi connectivity index (χ4n) is 4.16. The van der Waals surface area contributed by atoms with E-state index in [9.17, 15) is 14.7 Å². The summed E-state index contributed by atoms with van der Waals surface area (Å²) in [4.78, 5) is 36.2. The summed E-state index contributed by atoms with van der Waals surface area (Å²) in [5.74, 6) is -0.876. The van der Waals surface area contributed by atoms with Crippen molar-refractivity contribution < 1.29 is 19.1 Å². The molecule has 196 valence electrons. The molecule has 10 nitrogen and oxygen atoms in total. The fraction of sp³-hybridized carbons (Fsp3) is 0.138. The van der Waals surface area contributed by atoms with Crippen molar-refractivity contribution in [1.82, 2.24) is 25.1 Å². The Hall–Kier alpha value is -5.09. The van der Waals surface area contributed by atoms with Crippen molar-refractivity contribution in [3.8, 4) is 17.1 Å². The van der Waals surface area contributed by atoms with Gasteiger partial charge < -0.3 is 14.8 Å². The number of amides is 2. The molecule has 2 atom stereocenters. The third kappa shape index (κ3) is 5.76. The molecular weight excluding hydrogens is 496 g/mol. The van der Waals surface area contributed by atoms with Gasteiger partial charge >= 0.3 is 6.01 Å². The van der Waals surface area contributed by atoms with Gasteiger partial charge in [-0.2, -0.15) is 5.10 Å². The number of benzene rings is 2. The first kappa shape index (κ1) is 25.6. The number of nitrogens with one attached hydrogen (secondary N) is 1. The molecule has 0 fully saturated rings. The van der Waals surface area contributed by atoms with Crippen molar-refractivity contribution in [3.63, 3.8) is 0 Å². The average Bonchev–Trinajstić information content (AvgIpc) is 3.70. The lowest BCUT2D eigenvalue weighted by Crippen LogP contribution is -2.52. The molecule has 2 unspecified atom stereocenters. The minimum absolute atomic E-state index is 0.0336. The van der Waals surface area contributed by atoms with E-state index >= 15 is 0 Å². The number of oxazole rings is 1. The van der Waals surface area contributed by atoms with Gasteiger partial charge in [-0.3, -0.25) is 14.5 Å². The first-order valence-corrected chi connectivity index (χ1v) is 12.3. The highest BCUT2D eigenvalue weighted by molar-refractivity contribution is 5.99. The summed E-state index contributed by atoms with van der Waals surface area (Å²) in [6.45, 7) is 0. The normalized spacial score (nSPS) is 12.5. The van der Waals surface area contributed by atoms with Crippen molar-refractivity contribution in [2.75, 3.05) is 11.9 Å². The van der Waals surface area contributed by atoms with Crippen LogP contribution in [0.2, 0.25) is 0 Å². The minimum atomic E-state index is -1.58. The van der Waals surface area contributed by atoms with Gasteiger partial charge in [0.1, 0.15) is 6.26 Å². The molecule has 0 radical (unpaired) electrons. The van der Waals surface area contributed by atoms with E-state index in [1.807, 2.05) is 66.7 Å². The number of carbonyl (C=O) groups is 2. The molecule has 2 amide bonds. The number of hydrogen-bond donors (Lipinski definition) is 2. The number of carbonyl (C=O) groups excluding carboxylic acids is 2. The number of aliphatic hydroxyl groups excluding tert-OH is 1. The molecule has 3 heterocycles. The summed E-state index contributed by atoms with van der Waals surface area (Å²) in [5.41, 5.74) is 2.72. The van der Waals surface area contributed by atoms with Gasteiger partial charge in [0.15, 0.2) is 11.9 Å². The zero-order valence-corrected chi connectivity index (χ0v) is 21.1. The van der Waals surface area contributed by atoms with Crippen molar-refractivity contribution in [3.05, 3.63) is 115 Å². The van der Waals surface area contributed by atoms with E-state index in [1.54, 1.807) is 24.5 Å². The molecule has 5 aromatic rings. The lowest BCUT2D eigenvalue weighted by molar-refractivity contribution is -0.127. The Morgan fingerprint density at radius 2 is 1.72 bits per heavy atom. The van der Waals surface area contributed by atoms with Crippen LogP contribution < -0.4 is 10.2 Å². The predicted molar refractivity (Wildman–Crippen MR) is 144 cm³/mol. The second kappa shape index (κ2) is 11.5. The van der Waals surface area contributed by atoms with Crippen LogP contribution in [0.1, 0.15) is 15.9 Å². The maximum absolute atomic E-state index is 13.6. The highest BCUT2D eigenvalue weighted by atomic mass is 16.4. The molecule has 2 aromatic carbocycles. The molecule has 0 saturated carbocycles. The fourth-order valence-corrected chi connectivity index (χ4v) is 4.16. The molecule has 0 aliphatic heterocycles. The quantitative estimate of drug-likeness (QED) is 0.304. The monoisotopic (exact) mass is 522 g/mol. The first-order chi connectivity index (χ1) is 19.0. The summed E-state index contributed by atoms with van der Waals surface area (Å²) >= 11 is 0. The Labute approximate surface area is 224 Å². The third-order valence-corrected chi connectivity index (χ3v) is 6.19. The maximum atomic E-state index is 13.6. The Bertz CT molecular complexity index is 1540. The second-order valence-electron chi connectivity index (χ2n) is 8.81. The number of nitrogens with zero attached hydrogens (tertiary/aromatic N) is 5. The second-order valence-corrected chi connectivity index (χ2v) is 8.81. The molecule has 5 rings (SSSR count). The highest BCUT2D eigenvalue weighted by Crippen LogP contribution is 2.20. The van der Waals surface area contributed by atoms with Crippen molar-refractivity contribution >= 4 is 17.8 Å². The summed E-state index contributed by atoms with van der Waals surface area (Å²) in [7, 11) is 1.44. The topological polar surface area (TPSA) is 126 Å². The van der Waals surface area contributed by atoms with E-state index in [4.69, 9.17) is 4.42 Å². The van der Waals surface area contributed by atoms with E-state index in [2.05, 4.69) is 20.4 Å². The standard InChI is InChI=1S/C29H26N6O4/c1-34(29-31-16-18-39-29)28(38)25(36)24(19-20-9-4-2-5-10-20)32-27(37)22-13-8-15-30-26(22)35-17-14-23(33-35)21-11-6-3-7-12-21/h2-18,24-25,36H,19H2,1H3,(H,32,37). The molecule has 0 spiro atoms. The molecule has 0 aliphatic carbocycles. The van der Waals surface area contributed by atoms with Gasteiger partial charge in [-0.25, -0.2) is 14.6 Å². The Kier molecular flexibility index (Phi) is 7.56. The van der Waals surface area contributed by atoms with E-state index in [0.717, 1.165) is 21.7 Å². The Morgan fingerprint density at radius 1 is 0.974 bits per heavy atom. The van der Waals surface area contributed by atoms with Crippen LogP contribution in [0.15, 0.2) is 108 Å². The van der Waals surface area contributed by atoms with Crippen molar-refractivity contribution in [2.24, 2.45) is 0 Å². The van der Waals surface area contributed by atoms with Crippen LogP contribution >= 0.6 is 0 Å². The summed E-state index contributed by atoms with van der Waals surface area (Å²) < 4.78 is 6.72. The number of pyridine rings is 1. The SMILES string of the molecule is CN(C(=O)C(O)C(Cc1ccccc1)NC(=O)c1cccnc1-n1ccc(-c2ccccc2)n1)c1ncco1. The van der Waals surface area contributed by atoms with Gasteiger partial charge in [0, 0.05) is 25.0 Å². The van der Waals surface area contributed by atoms with Gasteiger partial charge in [0.25, 0.3) is 11.8 Å². The van der Waals surface area contributed by atoms with E-state index in [0.29, 0.717) is 5.82 Å². The zero-order chi connectivity index (χ0) is 27.2. The Morgan fingerprint density at radius 3 is 2.44 bits per heavy atom. The molecule has 39 heavy (non-hydrogen) atoms. The van der Waals surface area contributed by atoms with Gasteiger partial charge in [-0.15, -0.1) is 0 Å². The largest absolute Gasteiger partial charge is 0.432 e. The molecular formula is C29H26N6O4. The van der Waals surface area contributed by atoms with Crippen molar-refractivity contribution in [1.29, 1.82) is 0 Å². The lowest BCUT2D eigenvalue weighted by Gasteiger charge is -2.26. The third-order valence-electron chi connectivity index (χ3n) is 6.19. The van der Waals surface area contributed by atoms with Crippen LogP contribution in [-0.2, 0) is 11.2 Å². The van der Waals surface area contributed by atoms with Crippen LogP contribution in [0.25, 0.3) is 17.1 Å². The number of rotatable bonds is 9. The number of aliphatic hydroxyl groups is 1. The lowest BCUT2D eigenvalue weighted by atomic mass is 9.99. The van der Waals surface area contributed by atoms with Gasteiger partial charge in [0.05, 0.1) is 23.5 Å². The van der Waals surface area contributed by atoms with Crippen molar-refractivity contribution in [2.45, 2.75) is 18.6 Å². The molecule has 0 aliphatic rings. The van der Waals surface area contributed by atoms with Crippen LogP contribution in [0.3, 0.4) is 0 Å². The zero-order valence-electron chi connectivity index (χ0n) is 21.1. The first-order valence-electron chi connectivity index (χ1n) is 12.3. The summed E-state index contributed by atoms with van der Waals surface area (Å²) in [5, 5.41) is 18.6. The Balaban J connectivity index is 1.42. The average molecular weight is 523 g/mol. The maximum Gasteiger partial charge on any atom is 0.303 e. The van der Waals surface area contributed by atoms with E-state index < -0.39 is 24.0 Å². The van der Waals surface area contributed by atoms with Gasteiger partial charge in [-0.05, 0) is 30.2 Å². The van der Waals surface area contributed by atoms with Crippen LogP contribution in [0, 0.1) is 0 Å². The van der Waals surface area contributed by atoms with Gasteiger partial charge in [0.2, 0.25) is 0 Å².